The van der Waals surface area contributed by atoms with Crippen molar-refractivity contribution in [2.75, 3.05) is 11.9 Å². The number of likely N-dealkylation sites (N-methyl/N-ethyl adjacent to an activating group) is 1. The normalized spacial score (nSPS) is 23.7. The van der Waals surface area contributed by atoms with Crippen LogP contribution in [0.4, 0.5) is 5.69 Å². The number of aromatic nitrogens is 1. The number of hydrogen-bond acceptors (Lipinski definition) is 4. The highest BCUT2D eigenvalue weighted by Crippen LogP contribution is 2.27. The summed E-state index contributed by atoms with van der Waals surface area (Å²) in [5, 5.41) is 0. The molecule has 1 heterocycles. The van der Waals surface area contributed by atoms with E-state index >= 15 is 0 Å². The van der Waals surface area contributed by atoms with Gasteiger partial charge in [0.1, 0.15) is 0 Å². The van der Waals surface area contributed by atoms with Gasteiger partial charge in [0.2, 0.25) is 0 Å². The average Bonchev–Trinajstić information content (AvgIpc) is 2.91. The third kappa shape index (κ3) is 1.80. The summed E-state index contributed by atoms with van der Waals surface area (Å²) in [5.41, 5.74) is 8.47. The molecule has 1 saturated carbocycles. The molecule has 0 amide bonds. The SMILES string of the molecule is CN(c1ccc2[nH]c(=O)oc2c1)C1CCCC1N. The third-order valence-electron chi connectivity index (χ3n) is 3.84. The Morgan fingerprint density at radius 1 is 1.44 bits per heavy atom. The Hall–Kier alpha value is -1.75. The van der Waals surface area contributed by atoms with E-state index in [0.29, 0.717) is 11.6 Å². The monoisotopic (exact) mass is 247 g/mol. The number of anilines is 1. The molecule has 0 saturated heterocycles. The molecule has 0 spiro atoms. The van der Waals surface area contributed by atoms with E-state index in [-0.39, 0.29) is 6.04 Å². The molecule has 0 radical (unpaired) electrons. The van der Waals surface area contributed by atoms with Gasteiger partial charge in [-0.25, -0.2) is 4.79 Å². The van der Waals surface area contributed by atoms with Crippen LogP contribution in [0.3, 0.4) is 0 Å². The molecule has 96 valence electrons. The van der Waals surface area contributed by atoms with E-state index < -0.39 is 5.76 Å². The van der Waals surface area contributed by atoms with Crippen molar-refractivity contribution >= 4 is 16.8 Å². The maximum Gasteiger partial charge on any atom is 0.417 e. The standard InChI is InChI=1S/C13H17N3O2/c1-16(11-4-2-3-9(11)14)8-5-6-10-12(7-8)18-13(17)15-10/h5-7,9,11H,2-4,14H2,1H3,(H,15,17). The van der Waals surface area contributed by atoms with Gasteiger partial charge in [-0.1, -0.05) is 0 Å². The van der Waals surface area contributed by atoms with Crippen LogP contribution in [-0.4, -0.2) is 24.1 Å². The van der Waals surface area contributed by atoms with E-state index in [2.05, 4.69) is 9.88 Å². The van der Waals surface area contributed by atoms with E-state index in [0.717, 1.165) is 24.0 Å². The zero-order chi connectivity index (χ0) is 12.7. The minimum atomic E-state index is -0.414. The summed E-state index contributed by atoms with van der Waals surface area (Å²) in [6.07, 6.45) is 3.38. The van der Waals surface area contributed by atoms with E-state index in [4.69, 9.17) is 10.2 Å². The summed E-state index contributed by atoms with van der Waals surface area (Å²) in [4.78, 5) is 15.9. The first-order valence-electron chi connectivity index (χ1n) is 6.26. The highest BCUT2D eigenvalue weighted by atomic mass is 16.4. The average molecular weight is 247 g/mol. The van der Waals surface area contributed by atoms with Gasteiger partial charge in [0, 0.05) is 30.9 Å². The molecule has 0 aliphatic heterocycles. The van der Waals surface area contributed by atoms with E-state index in [1.54, 1.807) is 0 Å². The lowest BCUT2D eigenvalue weighted by atomic mass is 10.1. The van der Waals surface area contributed by atoms with Crippen LogP contribution in [0.5, 0.6) is 0 Å². The third-order valence-corrected chi connectivity index (χ3v) is 3.84. The molecule has 1 fully saturated rings. The molecule has 1 aliphatic carbocycles. The van der Waals surface area contributed by atoms with Gasteiger partial charge in [-0.3, -0.25) is 4.98 Å². The fourth-order valence-corrected chi connectivity index (χ4v) is 2.79. The minimum absolute atomic E-state index is 0.226. The molecule has 1 aromatic carbocycles. The molecule has 1 aliphatic rings. The second-order valence-corrected chi connectivity index (χ2v) is 4.97. The van der Waals surface area contributed by atoms with Crippen molar-refractivity contribution in [1.82, 2.24) is 4.98 Å². The van der Waals surface area contributed by atoms with Gasteiger partial charge >= 0.3 is 5.76 Å². The van der Waals surface area contributed by atoms with Crippen molar-refractivity contribution in [3.63, 3.8) is 0 Å². The number of rotatable bonds is 2. The van der Waals surface area contributed by atoms with E-state index in [9.17, 15) is 4.79 Å². The summed E-state index contributed by atoms with van der Waals surface area (Å²) < 4.78 is 5.08. The summed E-state index contributed by atoms with van der Waals surface area (Å²) in [6.45, 7) is 0. The molecule has 0 bridgehead atoms. The maximum atomic E-state index is 11.1. The fraction of sp³-hybridized carbons (Fsp3) is 0.462. The van der Waals surface area contributed by atoms with Crippen LogP contribution in [0.25, 0.3) is 11.1 Å². The predicted molar refractivity (Wildman–Crippen MR) is 70.9 cm³/mol. The molecule has 2 aromatic rings. The Labute approximate surface area is 105 Å². The van der Waals surface area contributed by atoms with Gasteiger partial charge in [0.25, 0.3) is 0 Å². The lowest BCUT2D eigenvalue weighted by molar-refractivity contribution is 0.553. The molecular weight excluding hydrogens is 230 g/mol. The summed E-state index contributed by atoms with van der Waals surface area (Å²) in [5.74, 6) is -0.414. The van der Waals surface area contributed by atoms with Crippen molar-refractivity contribution in [2.45, 2.75) is 31.3 Å². The lowest BCUT2D eigenvalue weighted by Crippen LogP contribution is -2.42. The maximum absolute atomic E-state index is 11.1. The van der Waals surface area contributed by atoms with Crippen LogP contribution in [0.2, 0.25) is 0 Å². The van der Waals surface area contributed by atoms with Gasteiger partial charge < -0.3 is 15.1 Å². The number of nitrogens with zero attached hydrogens (tertiary/aromatic N) is 1. The second kappa shape index (κ2) is 4.17. The van der Waals surface area contributed by atoms with Crippen molar-refractivity contribution in [3.8, 4) is 0 Å². The Morgan fingerprint density at radius 3 is 3.00 bits per heavy atom. The zero-order valence-electron chi connectivity index (χ0n) is 10.3. The van der Waals surface area contributed by atoms with Crippen molar-refractivity contribution < 1.29 is 4.42 Å². The van der Waals surface area contributed by atoms with Crippen LogP contribution >= 0.6 is 0 Å². The van der Waals surface area contributed by atoms with Gasteiger partial charge in [-0.15, -0.1) is 0 Å². The fourth-order valence-electron chi connectivity index (χ4n) is 2.79. The largest absolute Gasteiger partial charge is 0.417 e. The summed E-state index contributed by atoms with van der Waals surface area (Å²) >= 11 is 0. The molecule has 3 rings (SSSR count). The number of H-pyrrole nitrogens is 1. The predicted octanol–water partition coefficient (Wildman–Crippen LogP) is 1.44. The van der Waals surface area contributed by atoms with Crippen LogP contribution in [-0.2, 0) is 0 Å². The molecule has 1 aromatic heterocycles. The highest BCUT2D eigenvalue weighted by Gasteiger charge is 2.27. The minimum Gasteiger partial charge on any atom is -0.408 e. The van der Waals surface area contributed by atoms with Crippen LogP contribution < -0.4 is 16.4 Å². The molecule has 2 unspecified atom stereocenters. The molecule has 18 heavy (non-hydrogen) atoms. The lowest BCUT2D eigenvalue weighted by Gasteiger charge is -2.29. The van der Waals surface area contributed by atoms with Gasteiger partial charge in [0.15, 0.2) is 5.58 Å². The van der Waals surface area contributed by atoms with Crippen LogP contribution in [0.15, 0.2) is 27.4 Å². The smallest absolute Gasteiger partial charge is 0.408 e. The zero-order valence-corrected chi connectivity index (χ0v) is 10.3. The first-order valence-corrected chi connectivity index (χ1v) is 6.26. The number of aromatic amines is 1. The Kier molecular flexibility index (Phi) is 2.63. The highest BCUT2D eigenvalue weighted by molar-refractivity contribution is 5.77. The van der Waals surface area contributed by atoms with Gasteiger partial charge in [-0.2, -0.15) is 0 Å². The Bertz CT molecular complexity index is 616. The van der Waals surface area contributed by atoms with Crippen molar-refractivity contribution in [3.05, 3.63) is 28.7 Å². The quantitative estimate of drug-likeness (QED) is 0.842. The first kappa shape index (κ1) is 11.3. The van der Waals surface area contributed by atoms with Crippen molar-refractivity contribution in [1.29, 1.82) is 0 Å². The number of benzene rings is 1. The van der Waals surface area contributed by atoms with E-state index in [1.807, 2.05) is 25.2 Å². The molecule has 5 nitrogen and oxygen atoms in total. The number of nitrogens with two attached hydrogens (primary N) is 1. The topological polar surface area (TPSA) is 75.3 Å². The molecular formula is C13H17N3O2. The summed E-state index contributed by atoms with van der Waals surface area (Å²) in [6, 6.07) is 6.33. The number of nitrogens with one attached hydrogen (secondary N) is 1. The van der Waals surface area contributed by atoms with Gasteiger partial charge in [0.05, 0.1) is 5.52 Å². The van der Waals surface area contributed by atoms with Gasteiger partial charge in [-0.05, 0) is 31.4 Å². The van der Waals surface area contributed by atoms with Crippen LogP contribution in [0.1, 0.15) is 19.3 Å². The van der Waals surface area contributed by atoms with E-state index in [1.165, 1.54) is 6.42 Å². The molecule has 5 heteroatoms. The van der Waals surface area contributed by atoms with Crippen LogP contribution in [0, 0.1) is 0 Å². The first-order chi connectivity index (χ1) is 8.65. The summed E-state index contributed by atoms with van der Waals surface area (Å²) in [7, 11) is 2.04. The molecule has 2 atom stereocenters. The number of hydrogen-bond donors (Lipinski definition) is 2. The number of oxazole rings is 1. The van der Waals surface area contributed by atoms with Crippen molar-refractivity contribution in [2.24, 2.45) is 5.73 Å². The Balaban J connectivity index is 1.95. The number of fused-ring (bicyclic) bond motifs is 1. The molecule has 3 N–H and O–H groups in total. The Morgan fingerprint density at radius 2 is 2.28 bits per heavy atom. The second-order valence-electron chi connectivity index (χ2n) is 4.97.